The number of anilines is 2. The topological polar surface area (TPSA) is 67.8 Å². The van der Waals surface area contributed by atoms with Crippen molar-refractivity contribution in [2.24, 2.45) is 5.18 Å². The van der Waals surface area contributed by atoms with Crippen molar-refractivity contribution >= 4 is 33.7 Å². The van der Waals surface area contributed by atoms with E-state index in [4.69, 9.17) is 4.74 Å². The van der Waals surface area contributed by atoms with Gasteiger partial charge < -0.3 is 10.1 Å². The van der Waals surface area contributed by atoms with E-state index in [-0.39, 0.29) is 22.1 Å². The van der Waals surface area contributed by atoms with Gasteiger partial charge in [0.1, 0.15) is 5.69 Å². The van der Waals surface area contributed by atoms with E-state index in [0.717, 1.165) is 17.1 Å². The third-order valence-corrected chi connectivity index (χ3v) is 7.15. The number of rotatable bonds is 4. The number of thiophene rings is 1. The Morgan fingerprint density at radius 3 is 2.44 bits per heavy atom. The molecule has 0 saturated carbocycles. The van der Waals surface area contributed by atoms with E-state index in [1.807, 2.05) is 0 Å². The molecule has 1 aromatic carbocycles. The SMILES string of the molecule is COC(=O)c1ccc(Nc2sc3c(c2C)C(C)(C)CCC3(C)C)cc1N=O. The molecule has 1 N–H and O–H groups in total. The minimum atomic E-state index is -0.567. The normalized spacial score (nSPS) is 17.1. The first-order chi connectivity index (χ1) is 12.6. The Bertz CT molecular complexity index is 912. The lowest BCUT2D eigenvalue weighted by Gasteiger charge is -2.39. The Labute approximate surface area is 164 Å². The lowest BCUT2D eigenvalue weighted by Crippen LogP contribution is -2.32. The number of nitrogens with one attached hydrogen (secondary N) is 1. The summed E-state index contributed by atoms with van der Waals surface area (Å²) in [6.07, 6.45) is 2.33. The molecule has 0 amide bonds. The number of carbonyl (C=O) groups excluding carboxylic acids is 1. The van der Waals surface area contributed by atoms with Crippen molar-refractivity contribution in [3.05, 3.63) is 44.7 Å². The Morgan fingerprint density at radius 2 is 1.85 bits per heavy atom. The lowest BCUT2D eigenvalue weighted by atomic mass is 9.66. The van der Waals surface area contributed by atoms with Crippen LogP contribution in [-0.2, 0) is 15.6 Å². The van der Waals surface area contributed by atoms with Gasteiger partial charge in [-0.1, -0.05) is 27.7 Å². The molecule has 1 heterocycles. The highest BCUT2D eigenvalue weighted by Crippen LogP contribution is 2.53. The zero-order valence-electron chi connectivity index (χ0n) is 16.7. The number of esters is 1. The monoisotopic (exact) mass is 386 g/mol. The molecule has 0 unspecified atom stereocenters. The molecule has 2 aromatic rings. The minimum absolute atomic E-state index is 0.0754. The number of ether oxygens (including phenoxy) is 1. The van der Waals surface area contributed by atoms with Crippen LogP contribution in [0.5, 0.6) is 0 Å². The zero-order chi connectivity index (χ0) is 20.0. The molecule has 1 aromatic heterocycles. The first-order valence-electron chi connectivity index (χ1n) is 9.08. The van der Waals surface area contributed by atoms with Crippen molar-refractivity contribution in [1.29, 1.82) is 0 Å². The van der Waals surface area contributed by atoms with Gasteiger partial charge in [-0.05, 0) is 65.1 Å². The van der Waals surface area contributed by atoms with E-state index in [1.165, 1.54) is 29.5 Å². The molecule has 1 aliphatic rings. The Balaban J connectivity index is 2.02. The highest BCUT2D eigenvalue weighted by molar-refractivity contribution is 7.16. The smallest absolute Gasteiger partial charge is 0.340 e. The highest BCUT2D eigenvalue weighted by atomic mass is 32.1. The fourth-order valence-corrected chi connectivity index (χ4v) is 5.42. The molecule has 0 fully saturated rings. The molecule has 0 radical (unpaired) electrons. The van der Waals surface area contributed by atoms with Crippen molar-refractivity contribution in [2.45, 2.75) is 58.3 Å². The molecule has 1 aliphatic carbocycles. The van der Waals surface area contributed by atoms with Crippen molar-refractivity contribution < 1.29 is 9.53 Å². The van der Waals surface area contributed by atoms with Crippen LogP contribution in [0, 0.1) is 11.8 Å². The summed E-state index contributed by atoms with van der Waals surface area (Å²) in [6.45, 7) is 11.4. The molecule has 0 spiro atoms. The molecule has 6 heteroatoms. The number of carbonyl (C=O) groups is 1. The van der Waals surface area contributed by atoms with Crippen LogP contribution in [0.3, 0.4) is 0 Å². The van der Waals surface area contributed by atoms with Crippen LogP contribution in [0.1, 0.15) is 66.9 Å². The van der Waals surface area contributed by atoms with Crippen LogP contribution >= 0.6 is 11.3 Å². The van der Waals surface area contributed by atoms with Crippen LogP contribution in [0.25, 0.3) is 0 Å². The number of hydrogen-bond donors (Lipinski definition) is 1. The molecule has 0 atom stereocenters. The van der Waals surface area contributed by atoms with E-state index >= 15 is 0 Å². The summed E-state index contributed by atoms with van der Waals surface area (Å²) in [5.74, 6) is -0.567. The fourth-order valence-electron chi connectivity index (χ4n) is 3.89. The molecule has 144 valence electrons. The van der Waals surface area contributed by atoms with Gasteiger partial charge >= 0.3 is 5.97 Å². The first-order valence-corrected chi connectivity index (χ1v) is 9.89. The molecule has 27 heavy (non-hydrogen) atoms. The third kappa shape index (κ3) is 3.38. The van der Waals surface area contributed by atoms with Crippen molar-refractivity contribution in [2.75, 3.05) is 12.4 Å². The van der Waals surface area contributed by atoms with Gasteiger partial charge in [0.15, 0.2) is 0 Å². The molecular weight excluding hydrogens is 360 g/mol. The fraction of sp³-hybridized carbons (Fsp3) is 0.476. The highest BCUT2D eigenvalue weighted by Gasteiger charge is 2.40. The van der Waals surface area contributed by atoms with Crippen molar-refractivity contribution in [3.8, 4) is 0 Å². The molecule has 0 aliphatic heterocycles. The Hall–Kier alpha value is -2.21. The van der Waals surface area contributed by atoms with E-state index < -0.39 is 5.97 Å². The predicted octanol–water partition coefficient (Wildman–Crippen LogP) is 6.33. The van der Waals surface area contributed by atoms with Crippen LogP contribution in [-0.4, -0.2) is 13.1 Å². The Kier molecular flexibility index (Phi) is 4.89. The zero-order valence-corrected chi connectivity index (χ0v) is 17.5. The van der Waals surface area contributed by atoms with Crippen molar-refractivity contribution in [3.63, 3.8) is 0 Å². The van der Waals surface area contributed by atoms with Gasteiger partial charge in [0, 0.05) is 10.6 Å². The number of fused-ring (bicyclic) bond motifs is 1. The summed E-state index contributed by atoms with van der Waals surface area (Å²) in [7, 11) is 1.28. The van der Waals surface area contributed by atoms with Gasteiger partial charge in [0.05, 0.1) is 17.7 Å². The van der Waals surface area contributed by atoms with E-state index in [1.54, 1.807) is 29.5 Å². The second-order valence-corrected chi connectivity index (χ2v) is 9.49. The second kappa shape index (κ2) is 6.75. The summed E-state index contributed by atoms with van der Waals surface area (Å²) in [4.78, 5) is 24.3. The van der Waals surface area contributed by atoms with E-state index in [2.05, 4.69) is 45.1 Å². The van der Waals surface area contributed by atoms with Gasteiger partial charge in [-0.2, -0.15) is 0 Å². The summed E-state index contributed by atoms with van der Waals surface area (Å²) in [5.41, 5.74) is 3.97. The number of nitrogens with zero attached hydrogens (tertiary/aromatic N) is 1. The maximum atomic E-state index is 11.8. The Morgan fingerprint density at radius 1 is 1.19 bits per heavy atom. The van der Waals surface area contributed by atoms with Crippen LogP contribution in [0.2, 0.25) is 0 Å². The van der Waals surface area contributed by atoms with Gasteiger partial charge in [-0.15, -0.1) is 16.2 Å². The van der Waals surface area contributed by atoms with Gasteiger partial charge in [0.25, 0.3) is 0 Å². The largest absolute Gasteiger partial charge is 0.465 e. The average molecular weight is 387 g/mol. The van der Waals surface area contributed by atoms with Gasteiger partial charge in [0.2, 0.25) is 0 Å². The van der Waals surface area contributed by atoms with E-state index in [0.29, 0.717) is 0 Å². The number of methoxy groups -OCH3 is 1. The summed E-state index contributed by atoms with van der Waals surface area (Å²) < 4.78 is 4.70. The maximum absolute atomic E-state index is 11.8. The summed E-state index contributed by atoms with van der Waals surface area (Å²) in [6, 6.07) is 4.94. The molecule has 0 bridgehead atoms. The van der Waals surface area contributed by atoms with Gasteiger partial charge in [-0.3, -0.25) is 0 Å². The molecule has 5 nitrogen and oxygen atoms in total. The van der Waals surface area contributed by atoms with E-state index in [9.17, 15) is 9.70 Å². The standard InChI is InChI=1S/C21H26N2O3S/c1-12-16-17(21(4,5)10-9-20(16,2)3)27-18(12)22-13-7-8-14(19(24)26-6)15(11-13)23-25/h7-8,11,22H,9-10H2,1-6H3. The van der Waals surface area contributed by atoms with Crippen LogP contribution in [0.4, 0.5) is 16.4 Å². The number of benzene rings is 1. The summed E-state index contributed by atoms with van der Waals surface area (Å²) in [5, 5.41) is 7.49. The number of nitroso groups, excluding NO2 is 1. The maximum Gasteiger partial charge on any atom is 0.340 e. The van der Waals surface area contributed by atoms with Crippen LogP contribution in [0.15, 0.2) is 23.4 Å². The van der Waals surface area contributed by atoms with Gasteiger partial charge in [-0.25, -0.2) is 4.79 Å². The molecule has 0 saturated heterocycles. The quantitative estimate of drug-likeness (QED) is 0.492. The predicted molar refractivity (Wildman–Crippen MR) is 111 cm³/mol. The summed E-state index contributed by atoms with van der Waals surface area (Å²) >= 11 is 1.78. The average Bonchev–Trinajstić information content (AvgIpc) is 2.97. The lowest BCUT2D eigenvalue weighted by molar-refractivity contribution is 0.0601. The minimum Gasteiger partial charge on any atom is -0.465 e. The molecular formula is C21H26N2O3S. The number of hydrogen-bond acceptors (Lipinski definition) is 6. The third-order valence-electron chi connectivity index (χ3n) is 5.57. The van der Waals surface area contributed by atoms with Crippen molar-refractivity contribution in [1.82, 2.24) is 0 Å². The van der Waals surface area contributed by atoms with Crippen LogP contribution < -0.4 is 5.32 Å². The molecule has 3 rings (SSSR count). The second-order valence-electron chi connectivity index (χ2n) is 8.47. The first kappa shape index (κ1) is 19.5.